The van der Waals surface area contributed by atoms with E-state index in [0.29, 0.717) is 0 Å². The molecule has 0 bridgehead atoms. The molecule has 0 aliphatic rings. The number of hydrogen-bond donors (Lipinski definition) is 1. The van der Waals surface area contributed by atoms with Crippen molar-refractivity contribution in [3.63, 3.8) is 0 Å². The van der Waals surface area contributed by atoms with E-state index in [0.717, 1.165) is 32.9 Å². The van der Waals surface area contributed by atoms with Crippen molar-refractivity contribution in [1.29, 1.82) is 0 Å². The predicted molar refractivity (Wildman–Crippen MR) is 91.1 cm³/mol. The molecule has 0 spiro atoms. The Balaban J connectivity index is 1.69. The van der Waals surface area contributed by atoms with E-state index in [1.54, 1.807) is 12.1 Å². The third-order valence-electron chi connectivity index (χ3n) is 3.89. The monoisotopic (exact) mass is 305 g/mol. The van der Waals surface area contributed by atoms with Gasteiger partial charge in [-0.1, -0.05) is 24.3 Å². The Kier molecular flexibility index (Phi) is 3.19. The largest absolute Gasteiger partial charge is 0.355 e. The molecule has 4 rings (SSSR count). The first-order valence-corrected chi connectivity index (χ1v) is 7.33. The minimum atomic E-state index is -0.236. The molecule has 0 aromatic heterocycles. The predicted octanol–water partition coefficient (Wildman–Crippen LogP) is 6.01. The minimum Gasteiger partial charge on any atom is -0.355 e. The van der Waals surface area contributed by atoms with Crippen LogP contribution in [0.2, 0.25) is 0 Å². The molecule has 0 amide bonds. The second-order valence-electron chi connectivity index (χ2n) is 5.54. The third-order valence-corrected chi connectivity index (χ3v) is 3.89. The Hall–Kier alpha value is -2.94. The molecule has 4 aromatic carbocycles. The maximum absolute atomic E-state index is 13.2. The molecule has 0 aliphatic heterocycles. The topological polar surface area (TPSA) is 12.0 Å². The van der Waals surface area contributed by atoms with Crippen LogP contribution >= 0.6 is 0 Å². The molecule has 0 saturated carbocycles. The SMILES string of the molecule is Fc1ccc2cc(Nc3ccc4cc(F)ccc4c3)ccc2c1. The summed E-state index contributed by atoms with van der Waals surface area (Å²) in [5.41, 5.74) is 1.84. The van der Waals surface area contributed by atoms with E-state index in [1.807, 2.05) is 36.4 Å². The van der Waals surface area contributed by atoms with Crippen molar-refractivity contribution in [3.05, 3.63) is 84.4 Å². The zero-order valence-corrected chi connectivity index (χ0v) is 12.2. The lowest BCUT2D eigenvalue weighted by atomic mass is 10.1. The molecule has 3 heteroatoms. The molecule has 23 heavy (non-hydrogen) atoms. The fraction of sp³-hybridized carbons (Fsp3) is 0. The van der Waals surface area contributed by atoms with E-state index < -0.39 is 0 Å². The summed E-state index contributed by atoms with van der Waals surface area (Å²) in [5, 5.41) is 7.00. The normalized spacial score (nSPS) is 11.0. The van der Waals surface area contributed by atoms with E-state index in [9.17, 15) is 8.78 Å². The van der Waals surface area contributed by atoms with Crippen LogP contribution in [0.3, 0.4) is 0 Å². The summed E-state index contributed by atoms with van der Waals surface area (Å²) in [6.45, 7) is 0. The first kappa shape index (κ1) is 13.7. The standard InChI is InChI=1S/C20H13F2N/c21-17-5-1-15-11-19(7-3-13(15)9-17)23-20-8-4-14-10-18(22)6-2-16(14)12-20/h1-12,23H. The van der Waals surface area contributed by atoms with Gasteiger partial charge in [0.25, 0.3) is 0 Å². The van der Waals surface area contributed by atoms with Crippen molar-refractivity contribution in [2.45, 2.75) is 0 Å². The lowest BCUT2D eigenvalue weighted by Gasteiger charge is -2.09. The molecule has 0 atom stereocenters. The first-order chi connectivity index (χ1) is 11.2. The summed E-state index contributed by atoms with van der Waals surface area (Å²) >= 11 is 0. The minimum absolute atomic E-state index is 0.236. The molecular formula is C20H13F2N. The van der Waals surface area contributed by atoms with Crippen LogP contribution < -0.4 is 5.32 Å². The summed E-state index contributed by atoms with van der Waals surface area (Å²) in [7, 11) is 0. The second-order valence-corrected chi connectivity index (χ2v) is 5.54. The van der Waals surface area contributed by atoms with Crippen LogP contribution in [0.15, 0.2) is 72.8 Å². The summed E-state index contributed by atoms with van der Waals surface area (Å²) in [4.78, 5) is 0. The van der Waals surface area contributed by atoms with Gasteiger partial charge in [-0.25, -0.2) is 8.78 Å². The van der Waals surface area contributed by atoms with Crippen LogP contribution in [0, 0.1) is 11.6 Å². The summed E-state index contributed by atoms with van der Waals surface area (Å²) in [5.74, 6) is -0.472. The van der Waals surface area contributed by atoms with E-state index in [-0.39, 0.29) is 11.6 Å². The third kappa shape index (κ3) is 2.73. The Morgan fingerprint density at radius 3 is 1.35 bits per heavy atom. The summed E-state index contributed by atoms with van der Waals surface area (Å²) < 4.78 is 26.4. The van der Waals surface area contributed by atoms with Gasteiger partial charge >= 0.3 is 0 Å². The van der Waals surface area contributed by atoms with Gasteiger partial charge < -0.3 is 5.32 Å². The number of fused-ring (bicyclic) bond motifs is 2. The molecule has 0 unspecified atom stereocenters. The van der Waals surface area contributed by atoms with Crippen LogP contribution in [0.1, 0.15) is 0 Å². The molecule has 0 radical (unpaired) electrons. The summed E-state index contributed by atoms with van der Waals surface area (Å²) in [6, 6.07) is 21.0. The molecule has 0 aliphatic carbocycles. The molecular weight excluding hydrogens is 292 g/mol. The maximum Gasteiger partial charge on any atom is 0.123 e. The highest BCUT2D eigenvalue weighted by molar-refractivity contribution is 5.89. The number of halogens is 2. The molecule has 0 saturated heterocycles. The van der Waals surface area contributed by atoms with E-state index in [1.165, 1.54) is 24.3 Å². The van der Waals surface area contributed by atoms with Crippen molar-refractivity contribution >= 4 is 32.9 Å². The van der Waals surface area contributed by atoms with Gasteiger partial charge in [0, 0.05) is 11.4 Å². The Bertz CT molecular complexity index is 941. The van der Waals surface area contributed by atoms with Crippen molar-refractivity contribution in [3.8, 4) is 0 Å². The molecule has 0 heterocycles. The zero-order valence-electron chi connectivity index (χ0n) is 12.2. The van der Waals surface area contributed by atoms with Gasteiger partial charge in [0.15, 0.2) is 0 Å². The van der Waals surface area contributed by atoms with Gasteiger partial charge in [-0.3, -0.25) is 0 Å². The highest BCUT2D eigenvalue weighted by Crippen LogP contribution is 2.25. The number of benzene rings is 4. The van der Waals surface area contributed by atoms with Crippen molar-refractivity contribution < 1.29 is 8.78 Å². The van der Waals surface area contributed by atoms with Gasteiger partial charge in [-0.15, -0.1) is 0 Å². The van der Waals surface area contributed by atoms with Crippen LogP contribution in [-0.4, -0.2) is 0 Å². The van der Waals surface area contributed by atoms with Gasteiger partial charge in [0.2, 0.25) is 0 Å². The average molecular weight is 305 g/mol. The molecule has 0 fully saturated rings. The quantitative estimate of drug-likeness (QED) is 0.478. The highest BCUT2D eigenvalue weighted by atomic mass is 19.1. The fourth-order valence-corrected chi connectivity index (χ4v) is 2.76. The average Bonchev–Trinajstić information content (AvgIpc) is 2.55. The van der Waals surface area contributed by atoms with Crippen LogP contribution in [-0.2, 0) is 0 Å². The smallest absolute Gasteiger partial charge is 0.123 e. The van der Waals surface area contributed by atoms with Crippen molar-refractivity contribution in [1.82, 2.24) is 0 Å². The Morgan fingerprint density at radius 2 is 0.870 bits per heavy atom. The van der Waals surface area contributed by atoms with Crippen molar-refractivity contribution in [2.75, 3.05) is 5.32 Å². The fourth-order valence-electron chi connectivity index (χ4n) is 2.76. The number of anilines is 2. The van der Waals surface area contributed by atoms with Crippen LogP contribution in [0.4, 0.5) is 20.2 Å². The van der Waals surface area contributed by atoms with Gasteiger partial charge in [-0.05, 0) is 70.1 Å². The maximum atomic E-state index is 13.2. The second kappa shape index (κ2) is 5.36. The number of hydrogen-bond acceptors (Lipinski definition) is 1. The lowest BCUT2D eigenvalue weighted by Crippen LogP contribution is -1.90. The number of nitrogens with one attached hydrogen (secondary N) is 1. The summed E-state index contributed by atoms with van der Waals surface area (Å²) in [6.07, 6.45) is 0. The number of rotatable bonds is 2. The van der Waals surface area contributed by atoms with Gasteiger partial charge in [-0.2, -0.15) is 0 Å². The van der Waals surface area contributed by atoms with E-state index in [4.69, 9.17) is 0 Å². The molecule has 4 aromatic rings. The molecule has 1 nitrogen and oxygen atoms in total. The van der Waals surface area contributed by atoms with Crippen molar-refractivity contribution in [2.24, 2.45) is 0 Å². The van der Waals surface area contributed by atoms with Gasteiger partial charge in [0.1, 0.15) is 11.6 Å². The van der Waals surface area contributed by atoms with Crippen LogP contribution in [0.5, 0.6) is 0 Å². The molecule has 1 N–H and O–H groups in total. The Morgan fingerprint density at radius 1 is 0.478 bits per heavy atom. The first-order valence-electron chi connectivity index (χ1n) is 7.33. The highest BCUT2D eigenvalue weighted by Gasteiger charge is 2.01. The van der Waals surface area contributed by atoms with E-state index >= 15 is 0 Å². The van der Waals surface area contributed by atoms with Crippen LogP contribution in [0.25, 0.3) is 21.5 Å². The molecule has 112 valence electrons. The Labute approximate surface area is 132 Å². The zero-order chi connectivity index (χ0) is 15.8. The van der Waals surface area contributed by atoms with Gasteiger partial charge in [0.05, 0.1) is 0 Å². The van der Waals surface area contributed by atoms with E-state index in [2.05, 4.69) is 5.32 Å². The lowest BCUT2D eigenvalue weighted by molar-refractivity contribution is 0.629.